The molecule has 1 aromatic rings. The first-order chi connectivity index (χ1) is 10.3. The normalized spacial score (nSPS) is 12.3. The highest BCUT2D eigenvalue weighted by atomic mass is 32.2. The Morgan fingerprint density at radius 2 is 1.91 bits per heavy atom. The van der Waals surface area contributed by atoms with Crippen LogP contribution in [0.3, 0.4) is 0 Å². The summed E-state index contributed by atoms with van der Waals surface area (Å²) in [5.74, 6) is -2.37. The van der Waals surface area contributed by atoms with Crippen LogP contribution in [0.1, 0.15) is 19.4 Å². The summed E-state index contributed by atoms with van der Waals surface area (Å²) in [7, 11) is -4.53. The average Bonchev–Trinajstić information content (AvgIpc) is 2.34. The molecule has 0 radical (unpaired) electrons. The number of carbonyl (C=O) groups excluding carboxylic acids is 1. The minimum Gasteiger partial charge on any atom is -0.462 e. The van der Waals surface area contributed by atoms with Gasteiger partial charge in [0.05, 0.1) is 16.6 Å². The number of benzene rings is 1. The lowest BCUT2D eigenvalue weighted by atomic mass is 10.2. The summed E-state index contributed by atoms with van der Waals surface area (Å²) >= 11 is 0. The van der Waals surface area contributed by atoms with Gasteiger partial charge in [-0.3, -0.25) is 14.9 Å². The van der Waals surface area contributed by atoms with Gasteiger partial charge in [-0.25, -0.2) is 8.42 Å². The highest BCUT2D eigenvalue weighted by Crippen LogP contribution is 2.34. The van der Waals surface area contributed by atoms with Gasteiger partial charge in [0.2, 0.25) is 0 Å². The van der Waals surface area contributed by atoms with Gasteiger partial charge in [0.1, 0.15) is 4.90 Å². The average molecular weight is 355 g/mol. The maximum atomic E-state index is 12.6. The highest BCUT2D eigenvalue weighted by Gasteiger charge is 2.36. The van der Waals surface area contributed by atoms with Crippen LogP contribution in [0.25, 0.3) is 0 Å². The van der Waals surface area contributed by atoms with Crippen molar-refractivity contribution in [2.75, 3.05) is 5.75 Å². The van der Waals surface area contributed by atoms with Crippen molar-refractivity contribution in [3.8, 4) is 0 Å². The Bertz CT molecular complexity index is 727. The molecule has 0 unspecified atom stereocenters. The number of esters is 1. The highest BCUT2D eigenvalue weighted by molar-refractivity contribution is 7.92. The number of nitro benzene ring substituents is 1. The van der Waals surface area contributed by atoms with E-state index < -0.39 is 54.9 Å². The fourth-order valence-corrected chi connectivity index (χ4v) is 2.89. The van der Waals surface area contributed by atoms with E-state index in [1.54, 1.807) is 0 Å². The molecule has 0 N–H and O–H groups in total. The summed E-state index contributed by atoms with van der Waals surface area (Å²) in [5, 5.41) is 10.9. The van der Waals surface area contributed by atoms with Gasteiger partial charge < -0.3 is 4.74 Å². The molecule has 0 aliphatic heterocycles. The molecule has 0 saturated carbocycles. The first-order valence-electron chi connectivity index (χ1n) is 6.12. The number of nitrogens with zero attached hydrogens (tertiary/aromatic N) is 1. The van der Waals surface area contributed by atoms with Gasteiger partial charge in [0.25, 0.3) is 5.69 Å². The van der Waals surface area contributed by atoms with Crippen LogP contribution < -0.4 is 0 Å². The third kappa shape index (κ3) is 4.91. The van der Waals surface area contributed by atoms with Crippen LogP contribution in [-0.2, 0) is 25.5 Å². The number of hydrogen-bond donors (Lipinski definition) is 0. The van der Waals surface area contributed by atoms with Crippen LogP contribution >= 0.6 is 0 Å². The number of ether oxygens (including phenoxy) is 1. The van der Waals surface area contributed by atoms with E-state index in [9.17, 15) is 36.5 Å². The molecule has 0 saturated heterocycles. The summed E-state index contributed by atoms with van der Waals surface area (Å²) in [6.45, 7) is 2.93. The Morgan fingerprint density at radius 1 is 1.35 bits per heavy atom. The Hall–Kier alpha value is -2.17. The van der Waals surface area contributed by atoms with Gasteiger partial charge >= 0.3 is 12.1 Å². The molecule has 0 aliphatic rings. The van der Waals surface area contributed by atoms with Gasteiger partial charge in [-0.05, 0) is 26.0 Å². The van der Waals surface area contributed by atoms with Crippen LogP contribution in [0.2, 0.25) is 0 Å². The number of halogens is 3. The van der Waals surface area contributed by atoms with Gasteiger partial charge in [-0.15, -0.1) is 0 Å². The molecule has 0 aliphatic carbocycles. The molecule has 0 heterocycles. The van der Waals surface area contributed by atoms with Crippen LogP contribution in [0.5, 0.6) is 0 Å². The maximum absolute atomic E-state index is 12.6. The number of sulfone groups is 1. The predicted molar refractivity (Wildman–Crippen MR) is 71.4 cm³/mol. The molecule has 1 rings (SSSR count). The molecule has 23 heavy (non-hydrogen) atoms. The molecule has 128 valence electrons. The monoisotopic (exact) mass is 355 g/mol. The largest absolute Gasteiger partial charge is 0.462 e. The first kappa shape index (κ1) is 18.9. The molecule has 1 aromatic carbocycles. The number of rotatable bonds is 5. The van der Waals surface area contributed by atoms with Gasteiger partial charge in [0, 0.05) is 6.07 Å². The quantitative estimate of drug-likeness (QED) is 0.456. The summed E-state index contributed by atoms with van der Waals surface area (Å²) < 4.78 is 66.4. The van der Waals surface area contributed by atoms with Gasteiger partial charge in [0.15, 0.2) is 15.6 Å². The second kappa shape index (κ2) is 6.52. The zero-order valence-corrected chi connectivity index (χ0v) is 12.8. The number of alkyl halides is 3. The molecular weight excluding hydrogens is 343 g/mol. The summed E-state index contributed by atoms with van der Waals surface area (Å²) in [6, 6.07) is 0.966. The van der Waals surface area contributed by atoms with E-state index in [4.69, 9.17) is 0 Å². The SMILES string of the molecule is CC(C)OC(=O)CS(=O)(=O)c1ccc(C(F)(F)F)cc1[N+](=O)[O-]. The van der Waals surface area contributed by atoms with Crippen molar-refractivity contribution < 1.29 is 36.0 Å². The Morgan fingerprint density at radius 3 is 2.35 bits per heavy atom. The summed E-state index contributed by atoms with van der Waals surface area (Å²) in [6.07, 6.45) is -5.48. The first-order valence-corrected chi connectivity index (χ1v) is 7.77. The molecule has 0 fully saturated rings. The molecule has 0 bridgehead atoms. The zero-order valence-electron chi connectivity index (χ0n) is 12.0. The van der Waals surface area contributed by atoms with Crippen molar-refractivity contribution >= 4 is 21.5 Å². The van der Waals surface area contributed by atoms with Crippen LogP contribution in [-0.4, -0.2) is 31.2 Å². The van der Waals surface area contributed by atoms with E-state index in [-0.39, 0.29) is 6.07 Å². The molecule has 7 nitrogen and oxygen atoms in total. The molecule has 0 spiro atoms. The summed E-state index contributed by atoms with van der Waals surface area (Å²) in [5.41, 5.74) is -2.62. The smallest absolute Gasteiger partial charge is 0.416 e. The maximum Gasteiger partial charge on any atom is 0.416 e. The Balaban J connectivity index is 3.31. The summed E-state index contributed by atoms with van der Waals surface area (Å²) in [4.78, 5) is 20.0. The van der Waals surface area contributed by atoms with Crippen molar-refractivity contribution in [2.45, 2.75) is 31.0 Å². The fourth-order valence-electron chi connectivity index (χ4n) is 1.63. The van der Waals surface area contributed by atoms with Gasteiger partial charge in [-0.2, -0.15) is 13.2 Å². The Kier molecular flexibility index (Phi) is 5.35. The van der Waals surface area contributed by atoms with E-state index in [1.807, 2.05) is 0 Å². The van der Waals surface area contributed by atoms with Gasteiger partial charge in [-0.1, -0.05) is 0 Å². The molecular formula is C12H12F3NO6S. The zero-order chi connectivity index (χ0) is 18.0. The van der Waals surface area contributed by atoms with Crippen molar-refractivity contribution in [2.24, 2.45) is 0 Å². The van der Waals surface area contributed by atoms with Crippen LogP contribution in [0.15, 0.2) is 23.1 Å². The number of nitro groups is 1. The topological polar surface area (TPSA) is 104 Å². The lowest BCUT2D eigenvalue weighted by Crippen LogP contribution is -2.22. The molecule has 0 amide bonds. The van der Waals surface area contributed by atoms with E-state index >= 15 is 0 Å². The number of hydrogen-bond acceptors (Lipinski definition) is 6. The van der Waals surface area contributed by atoms with Crippen molar-refractivity contribution in [1.82, 2.24) is 0 Å². The predicted octanol–water partition coefficient (Wildman–Crippen LogP) is 2.34. The van der Waals surface area contributed by atoms with Crippen LogP contribution in [0.4, 0.5) is 18.9 Å². The Labute approximate surface area is 129 Å². The van der Waals surface area contributed by atoms with E-state index in [1.165, 1.54) is 13.8 Å². The second-order valence-corrected chi connectivity index (χ2v) is 6.69. The fraction of sp³-hybridized carbons (Fsp3) is 0.417. The van der Waals surface area contributed by atoms with Crippen molar-refractivity contribution in [1.29, 1.82) is 0 Å². The van der Waals surface area contributed by atoms with E-state index in [0.29, 0.717) is 12.1 Å². The van der Waals surface area contributed by atoms with Crippen molar-refractivity contribution in [3.63, 3.8) is 0 Å². The van der Waals surface area contributed by atoms with Crippen molar-refractivity contribution in [3.05, 3.63) is 33.9 Å². The standard InChI is InChI=1S/C12H12F3NO6S/c1-7(2)22-11(17)6-23(20,21)10-4-3-8(12(13,14)15)5-9(10)16(18)19/h3-5,7H,6H2,1-2H3. The molecule has 11 heteroatoms. The number of carbonyl (C=O) groups is 1. The third-order valence-corrected chi connectivity index (χ3v) is 4.12. The molecule has 0 atom stereocenters. The minimum atomic E-state index is -4.87. The second-order valence-electron chi connectivity index (χ2n) is 4.74. The molecule has 0 aromatic heterocycles. The van der Waals surface area contributed by atoms with Crippen LogP contribution in [0, 0.1) is 10.1 Å². The lowest BCUT2D eigenvalue weighted by molar-refractivity contribution is -0.388. The minimum absolute atomic E-state index is 0.112. The van der Waals surface area contributed by atoms with E-state index in [2.05, 4.69) is 4.74 Å². The third-order valence-electron chi connectivity index (χ3n) is 2.49. The lowest BCUT2D eigenvalue weighted by Gasteiger charge is -2.10. The van der Waals surface area contributed by atoms with E-state index in [0.717, 1.165) is 0 Å².